The Morgan fingerprint density at radius 2 is 2.05 bits per heavy atom. The van der Waals surface area contributed by atoms with Gasteiger partial charge in [-0.1, -0.05) is 26.0 Å². The first-order chi connectivity index (χ1) is 9.52. The van der Waals surface area contributed by atoms with Gasteiger partial charge in [0.05, 0.1) is 0 Å². The van der Waals surface area contributed by atoms with E-state index in [4.69, 9.17) is 10.5 Å². The molecular weight excluding hydrogens is 250 g/mol. The van der Waals surface area contributed by atoms with E-state index >= 15 is 0 Å². The third-order valence-electron chi connectivity index (χ3n) is 3.52. The van der Waals surface area contributed by atoms with Crippen molar-refractivity contribution in [3.63, 3.8) is 0 Å². The summed E-state index contributed by atoms with van der Waals surface area (Å²) in [6.07, 6.45) is 0. The highest BCUT2D eigenvalue weighted by Gasteiger charge is 2.12. The second-order valence-electron chi connectivity index (χ2n) is 5.46. The summed E-state index contributed by atoms with van der Waals surface area (Å²) in [5.74, 6) is 1.36. The molecule has 0 spiro atoms. The average molecular weight is 273 g/mol. The lowest BCUT2D eigenvalue weighted by atomic mass is 10.0. The minimum Gasteiger partial charge on any atom is -0.487 e. The Balaban J connectivity index is 2.20. The molecule has 0 radical (unpaired) electrons. The number of rotatable bonds is 5. The molecule has 4 heteroatoms. The van der Waals surface area contributed by atoms with Gasteiger partial charge in [-0.2, -0.15) is 5.10 Å². The first kappa shape index (κ1) is 14.6. The van der Waals surface area contributed by atoms with Crippen LogP contribution in [-0.4, -0.2) is 10.2 Å². The first-order valence-corrected chi connectivity index (χ1v) is 6.99. The Kier molecular flexibility index (Phi) is 4.45. The molecule has 0 amide bonds. The van der Waals surface area contributed by atoms with E-state index < -0.39 is 0 Å². The summed E-state index contributed by atoms with van der Waals surface area (Å²) in [5.41, 5.74) is 11.1. The molecule has 0 fully saturated rings. The van der Waals surface area contributed by atoms with Crippen LogP contribution in [0.5, 0.6) is 5.75 Å². The van der Waals surface area contributed by atoms with E-state index in [9.17, 15) is 0 Å². The lowest BCUT2D eigenvalue weighted by Gasteiger charge is -2.14. The number of aromatic nitrogens is 2. The van der Waals surface area contributed by atoms with Crippen molar-refractivity contribution in [2.24, 2.45) is 5.73 Å². The van der Waals surface area contributed by atoms with Gasteiger partial charge < -0.3 is 10.5 Å². The smallest absolute Gasteiger partial charge is 0.132 e. The fourth-order valence-corrected chi connectivity index (χ4v) is 2.28. The van der Waals surface area contributed by atoms with Crippen LogP contribution in [0.1, 0.15) is 47.8 Å². The molecule has 3 N–H and O–H groups in total. The molecule has 0 unspecified atom stereocenters. The molecule has 0 aliphatic heterocycles. The van der Waals surface area contributed by atoms with E-state index in [1.54, 1.807) is 0 Å². The van der Waals surface area contributed by atoms with Crippen LogP contribution in [-0.2, 0) is 13.2 Å². The normalized spacial score (nSPS) is 11.1. The van der Waals surface area contributed by atoms with Crippen molar-refractivity contribution >= 4 is 0 Å². The van der Waals surface area contributed by atoms with Crippen LogP contribution in [0.25, 0.3) is 0 Å². The molecule has 1 aromatic heterocycles. The van der Waals surface area contributed by atoms with Crippen molar-refractivity contribution in [3.8, 4) is 5.75 Å². The molecule has 20 heavy (non-hydrogen) atoms. The summed E-state index contributed by atoms with van der Waals surface area (Å²) in [6, 6.07) is 6.33. The van der Waals surface area contributed by atoms with E-state index in [1.807, 2.05) is 6.92 Å². The molecule has 0 aliphatic rings. The number of H-pyrrole nitrogens is 1. The molecule has 0 atom stereocenters. The highest BCUT2D eigenvalue weighted by Crippen LogP contribution is 2.28. The van der Waals surface area contributed by atoms with Crippen LogP contribution in [0.2, 0.25) is 0 Å². The van der Waals surface area contributed by atoms with Gasteiger partial charge in [0.2, 0.25) is 0 Å². The number of nitrogens with one attached hydrogen (secondary N) is 1. The Labute approximate surface area is 120 Å². The Bertz CT molecular complexity index is 587. The fraction of sp³-hybridized carbons (Fsp3) is 0.438. The number of hydrogen-bond donors (Lipinski definition) is 2. The zero-order valence-corrected chi connectivity index (χ0v) is 12.7. The second kappa shape index (κ2) is 6.09. The number of aromatic amines is 1. The van der Waals surface area contributed by atoms with Gasteiger partial charge in [-0.05, 0) is 37.0 Å². The molecule has 4 nitrogen and oxygen atoms in total. The predicted octanol–water partition coefficient (Wildman–Crippen LogP) is 3.19. The van der Waals surface area contributed by atoms with Crippen LogP contribution in [0.15, 0.2) is 18.2 Å². The Morgan fingerprint density at radius 1 is 1.30 bits per heavy atom. The number of hydrogen-bond acceptors (Lipinski definition) is 3. The molecular formula is C16H23N3O. The van der Waals surface area contributed by atoms with Crippen molar-refractivity contribution in [2.75, 3.05) is 0 Å². The molecule has 0 bridgehead atoms. The molecule has 1 heterocycles. The lowest BCUT2D eigenvalue weighted by Crippen LogP contribution is -2.06. The van der Waals surface area contributed by atoms with E-state index in [2.05, 4.69) is 49.2 Å². The number of nitrogens with zero attached hydrogens (tertiary/aromatic N) is 1. The van der Waals surface area contributed by atoms with Gasteiger partial charge in [0, 0.05) is 17.8 Å². The van der Waals surface area contributed by atoms with Gasteiger partial charge in [0.25, 0.3) is 0 Å². The van der Waals surface area contributed by atoms with Crippen LogP contribution in [0.4, 0.5) is 0 Å². The van der Waals surface area contributed by atoms with E-state index in [0.717, 1.165) is 22.7 Å². The first-order valence-electron chi connectivity index (χ1n) is 6.99. The molecule has 1 aromatic carbocycles. The van der Waals surface area contributed by atoms with Crippen molar-refractivity contribution in [3.05, 3.63) is 46.3 Å². The number of aryl methyl sites for hydroxylation is 2. The molecule has 2 aromatic rings. The van der Waals surface area contributed by atoms with Crippen molar-refractivity contribution in [2.45, 2.75) is 46.8 Å². The standard InChI is InChI=1S/C16H23N3O/c1-10(2)13-6-5-11(3)7-16(13)20-9-15-14(8-17)12(4)18-19-15/h5-7,10H,8-9,17H2,1-4H3,(H,18,19). The quantitative estimate of drug-likeness (QED) is 0.879. The summed E-state index contributed by atoms with van der Waals surface area (Å²) < 4.78 is 5.98. The molecule has 2 rings (SSSR count). The number of benzene rings is 1. The second-order valence-corrected chi connectivity index (χ2v) is 5.46. The zero-order valence-electron chi connectivity index (χ0n) is 12.7. The zero-order chi connectivity index (χ0) is 14.7. The SMILES string of the molecule is Cc1ccc(C(C)C)c(OCc2n[nH]c(C)c2CN)c1. The van der Waals surface area contributed by atoms with E-state index in [1.165, 1.54) is 11.1 Å². The number of ether oxygens (including phenoxy) is 1. The largest absolute Gasteiger partial charge is 0.487 e. The maximum absolute atomic E-state index is 5.98. The third-order valence-corrected chi connectivity index (χ3v) is 3.52. The van der Waals surface area contributed by atoms with E-state index in [-0.39, 0.29) is 0 Å². The van der Waals surface area contributed by atoms with Crippen LogP contribution >= 0.6 is 0 Å². The minimum absolute atomic E-state index is 0.431. The van der Waals surface area contributed by atoms with Gasteiger partial charge in [0.15, 0.2) is 0 Å². The fourth-order valence-electron chi connectivity index (χ4n) is 2.28. The Morgan fingerprint density at radius 3 is 2.70 bits per heavy atom. The summed E-state index contributed by atoms with van der Waals surface area (Å²) in [5, 5.41) is 7.23. The van der Waals surface area contributed by atoms with Crippen LogP contribution in [0.3, 0.4) is 0 Å². The molecule has 108 valence electrons. The minimum atomic E-state index is 0.431. The predicted molar refractivity (Wildman–Crippen MR) is 80.8 cm³/mol. The van der Waals surface area contributed by atoms with E-state index in [0.29, 0.717) is 19.1 Å². The van der Waals surface area contributed by atoms with Crippen LogP contribution < -0.4 is 10.5 Å². The van der Waals surface area contributed by atoms with Crippen molar-refractivity contribution < 1.29 is 4.74 Å². The van der Waals surface area contributed by atoms with Gasteiger partial charge in [-0.15, -0.1) is 0 Å². The van der Waals surface area contributed by atoms with Crippen molar-refractivity contribution in [1.29, 1.82) is 0 Å². The highest BCUT2D eigenvalue weighted by atomic mass is 16.5. The summed E-state index contributed by atoms with van der Waals surface area (Å²) in [7, 11) is 0. The monoisotopic (exact) mass is 273 g/mol. The molecule has 0 aliphatic carbocycles. The van der Waals surface area contributed by atoms with Gasteiger partial charge in [-0.3, -0.25) is 5.10 Å². The Hall–Kier alpha value is -1.81. The molecule has 0 saturated carbocycles. The van der Waals surface area contributed by atoms with Crippen molar-refractivity contribution in [1.82, 2.24) is 10.2 Å². The number of nitrogens with two attached hydrogens (primary N) is 1. The van der Waals surface area contributed by atoms with Gasteiger partial charge >= 0.3 is 0 Å². The topological polar surface area (TPSA) is 63.9 Å². The maximum atomic E-state index is 5.98. The summed E-state index contributed by atoms with van der Waals surface area (Å²) >= 11 is 0. The average Bonchev–Trinajstić information content (AvgIpc) is 2.76. The summed E-state index contributed by atoms with van der Waals surface area (Å²) in [6.45, 7) is 9.31. The lowest BCUT2D eigenvalue weighted by molar-refractivity contribution is 0.295. The molecule has 0 saturated heterocycles. The van der Waals surface area contributed by atoms with Gasteiger partial charge in [-0.25, -0.2) is 0 Å². The maximum Gasteiger partial charge on any atom is 0.132 e. The highest BCUT2D eigenvalue weighted by molar-refractivity contribution is 5.39. The van der Waals surface area contributed by atoms with Crippen LogP contribution in [0, 0.1) is 13.8 Å². The van der Waals surface area contributed by atoms with Gasteiger partial charge in [0.1, 0.15) is 18.1 Å². The third kappa shape index (κ3) is 3.02. The summed E-state index contributed by atoms with van der Waals surface area (Å²) in [4.78, 5) is 0.